The molecule has 0 saturated carbocycles. The second kappa shape index (κ2) is 8.96. The van der Waals surface area contributed by atoms with Gasteiger partial charge in [-0.15, -0.1) is 11.8 Å². The third-order valence-corrected chi connectivity index (χ3v) is 6.96. The van der Waals surface area contributed by atoms with E-state index in [9.17, 15) is 18.8 Å². The summed E-state index contributed by atoms with van der Waals surface area (Å²) >= 11 is 7.11. The van der Waals surface area contributed by atoms with E-state index in [1.54, 1.807) is 11.5 Å². The van der Waals surface area contributed by atoms with Crippen LogP contribution >= 0.6 is 23.4 Å². The van der Waals surface area contributed by atoms with Gasteiger partial charge >= 0.3 is 6.03 Å². The predicted octanol–water partition coefficient (Wildman–Crippen LogP) is 4.50. The van der Waals surface area contributed by atoms with Crippen LogP contribution in [0, 0.1) is 19.7 Å². The average Bonchev–Trinajstić information content (AvgIpc) is 3.24. The second-order valence-electron chi connectivity index (χ2n) is 7.81. The highest BCUT2D eigenvalue weighted by atomic mass is 35.5. The monoisotopic (exact) mass is 473 g/mol. The molecule has 2 aromatic rings. The predicted molar refractivity (Wildman–Crippen MR) is 123 cm³/mol. The van der Waals surface area contributed by atoms with Crippen LogP contribution in [0.5, 0.6) is 0 Å². The number of urea groups is 1. The lowest BCUT2D eigenvalue weighted by molar-refractivity contribution is -0.132. The van der Waals surface area contributed by atoms with Crippen molar-refractivity contribution >= 4 is 46.9 Å². The van der Waals surface area contributed by atoms with Crippen LogP contribution in [0.3, 0.4) is 0 Å². The molecular formula is C23H21ClFN3O3S. The zero-order valence-electron chi connectivity index (χ0n) is 17.5. The molecule has 32 heavy (non-hydrogen) atoms. The number of carbonyl (C=O) groups excluding carboxylic acids is 3. The number of fused-ring (bicyclic) bond motifs is 1. The summed E-state index contributed by atoms with van der Waals surface area (Å²) < 4.78 is 13.4. The van der Waals surface area contributed by atoms with Gasteiger partial charge in [0, 0.05) is 5.69 Å². The minimum absolute atomic E-state index is 0.114. The normalized spacial score (nSPS) is 20.0. The van der Waals surface area contributed by atoms with Gasteiger partial charge in [-0.3, -0.25) is 14.5 Å². The molecule has 4 amide bonds. The first-order valence-corrected chi connectivity index (χ1v) is 11.3. The molecule has 0 radical (unpaired) electrons. The van der Waals surface area contributed by atoms with Crippen molar-refractivity contribution in [2.45, 2.75) is 31.7 Å². The minimum atomic E-state index is -0.590. The van der Waals surface area contributed by atoms with Gasteiger partial charge in [0.15, 0.2) is 0 Å². The first-order valence-electron chi connectivity index (χ1n) is 10.00. The first kappa shape index (κ1) is 22.4. The molecule has 2 atom stereocenters. The van der Waals surface area contributed by atoms with Gasteiger partial charge in [0.2, 0.25) is 11.8 Å². The Morgan fingerprint density at radius 1 is 1.16 bits per heavy atom. The topological polar surface area (TPSA) is 69.7 Å². The van der Waals surface area contributed by atoms with Crippen molar-refractivity contribution in [1.82, 2.24) is 9.80 Å². The molecule has 0 aliphatic carbocycles. The zero-order valence-corrected chi connectivity index (χ0v) is 19.0. The van der Waals surface area contributed by atoms with Gasteiger partial charge in [0.25, 0.3) is 0 Å². The van der Waals surface area contributed by atoms with Crippen LogP contribution in [0.15, 0.2) is 47.9 Å². The van der Waals surface area contributed by atoms with Crippen LogP contribution in [0.2, 0.25) is 5.02 Å². The number of nitrogens with one attached hydrogen (secondary N) is 1. The molecule has 2 unspecified atom stereocenters. The van der Waals surface area contributed by atoms with Crippen molar-refractivity contribution in [1.29, 1.82) is 0 Å². The maximum atomic E-state index is 13.4. The molecule has 1 fully saturated rings. The number of carbonyl (C=O) groups is 3. The highest BCUT2D eigenvalue weighted by Gasteiger charge is 2.47. The number of halogens is 2. The Bertz CT molecular complexity index is 1140. The van der Waals surface area contributed by atoms with Crippen molar-refractivity contribution < 1.29 is 18.8 Å². The average molecular weight is 474 g/mol. The highest BCUT2D eigenvalue weighted by molar-refractivity contribution is 8.03. The van der Waals surface area contributed by atoms with E-state index in [-0.39, 0.29) is 24.0 Å². The number of rotatable bonds is 5. The number of aryl methyl sites for hydroxylation is 2. The number of hydrogen-bond donors (Lipinski definition) is 1. The van der Waals surface area contributed by atoms with E-state index in [0.29, 0.717) is 5.69 Å². The van der Waals surface area contributed by atoms with E-state index in [1.165, 1.54) is 33.7 Å². The molecule has 2 aliphatic rings. The number of anilines is 1. The Morgan fingerprint density at radius 2 is 1.94 bits per heavy atom. The van der Waals surface area contributed by atoms with Crippen molar-refractivity contribution in [3.05, 3.63) is 75.4 Å². The number of nitrogens with zero attached hydrogens (tertiary/aromatic N) is 2. The van der Waals surface area contributed by atoms with Crippen LogP contribution in [0.4, 0.5) is 14.9 Å². The molecule has 6 nitrogen and oxygen atoms in total. The lowest BCUT2D eigenvalue weighted by Crippen LogP contribution is -2.62. The van der Waals surface area contributed by atoms with Gasteiger partial charge in [-0.2, -0.15) is 0 Å². The number of hydrogen-bond acceptors (Lipinski definition) is 4. The fourth-order valence-electron chi connectivity index (χ4n) is 3.73. The van der Waals surface area contributed by atoms with Crippen molar-refractivity contribution in [2.75, 3.05) is 11.9 Å². The van der Waals surface area contributed by atoms with Gasteiger partial charge in [0.1, 0.15) is 17.6 Å². The maximum Gasteiger partial charge on any atom is 0.328 e. The SMILES string of the molecule is Cc1ccc(CN2C(=O)C3SC=CC3N(CC(=O)Nc3ccc(F)c(Cl)c3)C2=O)cc1C. The van der Waals surface area contributed by atoms with Gasteiger partial charge in [-0.25, -0.2) is 9.18 Å². The lowest BCUT2D eigenvalue weighted by atomic mass is 10.0. The van der Waals surface area contributed by atoms with E-state index in [4.69, 9.17) is 11.6 Å². The van der Waals surface area contributed by atoms with Crippen LogP contribution in [0.25, 0.3) is 0 Å². The molecule has 4 rings (SSSR count). The molecule has 0 bridgehead atoms. The highest BCUT2D eigenvalue weighted by Crippen LogP contribution is 2.35. The Hall–Kier alpha value is -2.84. The molecule has 0 spiro atoms. The Labute approximate surface area is 194 Å². The third-order valence-electron chi connectivity index (χ3n) is 5.59. The largest absolute Gasteiger partial charge is 0.328 e. The summed E-state index contributed by atoms with van der Waals surface area (Å²) in [5, 5.41) is 3.80. The van der Waals surface area contributed by atoms with E-state index in [1.807, 2.05) is 32.0 Å². The Morgan fingerprint density at radius 3 is 2.66 bits per heavy atom. The fraction of sp³-hybridized carbons (Fsp3) is 0.261. The lowest BCUT2D eigenvalue weighted by Gasteiger charge is -2.41. The number of imide groups is 1. The molecular weight excluding hydrogens is 453 g/mol. The van der Waals surface area contributed by atoms with Crippen LogP contribution in [-0.2, 0) is 16.1 Å². The minimum Gasteiger partial charge on any atom is -0.324 e. The summed E-state index contributed by atoms with van der Waals surface area (Å²) in [4.78, 5) is 41.5. The zero-order chi connectivity index (χ0) is 23.0. The van der Waals surface area contributed by atoms with Crippen molar-refractivity contribution in [2.24, 2.45) is 0 Å². The van der Waals surface area contributed by atoms with Crippen molar-refractivity contribution in [3.63, 3.8) is 0 Å². The van der Waals surface area contributed by atoms with Crippen LogP contribution < -0.4 is 5.32 Å². The quantitative estimate of drug-likeness (QED) is 0.694. The second-order valence-corrected chi connectivity index (χ2v) is 9.27. The van der Waals surface area contributed by atoms with E-state index in [2.05, 4.69) is 5.32 Å². The smallest absolute Gasteiger partial charge is 0.324 e. The summed E-state index contributed by atoms with van der Waals surface area (Å²) in [5.41, 5.74) is 3.36. The Balaban J connectivity index is 1.53. The molecule has 2 aliphatic heterocycles. The van der Waals surface area contributed by atoms with E-state index >= 15 is 0 Å². The fourth-order valence-corrected chi connectivity index (χ4v) is 4.97. The number of amides is 4. The third kappa shape index (κ3) is 4.38. The summed E-state index contributed by atoms with van der Waals surface area (Å²) in [6, 6.07) is 8.63. The molecule has 1 N–H and O–H groups in total. The van der Waals surface area contributed by atoms with Crippen molar-refractivity contribution in [3.8, 4) is 0 Å². The number of benzene rings is 2. The van der Waals surface area contributed by atoms with Gasteiger partial charge in [-0.1, -0.05) is 35.9 Å². The molecule has 2 aromatic carbocycles. The van der Waals surface area contributed by atoms with Crippen LogP contribution in [-0.4, -0.2) is 45.5 Å². The number of thioether (sulfide) groups is 1. The van der Waals surface area contributed by atoms with E-state index in [0.717, 1.165) is 22.8 Å². The summed E-state index contributed by atoms with van der Waals surface area (Å²) in [6.07, 6.45) is 1.76. The molecule has 2 heterocycles. The molecule has 9 heteroatoms. The molecule has 166 valence electrons. The van der Waals surface area contributed by atoms with Gasteiger partial charge in [0.05, 0.1) is 17.6 Å². The van der Waals surface area contributed by atoms with E-state index < -0.39 is 29.0 Å². The summed E-state index contributed by atoms with van der Waals surface area (Å²) in [7, 11) is 0. The Kier molecular flexibility index (Phi) is 6.26. The first-order chi connectivity index (χ1) is 15.2. The van der Waals surface area contributed by atoms with Crippen LogP contribution in [0.1, 0.15) is 16.7 Å². The molecule has 0 aromatic heterocycles. The summed E-state index contributed by atoms with van der Waals surface area (Å²) in [5.74, 6) is -1.33. The molecule has 1 saturated heterocycles. The van der Waals surface area contributed by atoms with Gasteiger partial charge < -0.3 is 10.2 Å². The summed E-state index contributed by atoms with van der Waals surface area (Å²) in [6.45, 7) is 3.85. The maximum absolute atomic E-state index is 13.4. The standard InChI is InChI=1S/C23H21ClFN3O3S/c1-13-3-4-15(9-14(13)2)11-28-22(30)21-19(7-8-32-21)27(23(28)31)12-20(29)26-16-5-6-18(25)17(24)10-16/h3-10,19,21H,11-12H2,1-2H3,(H,26,29). The van der Waals surface area contributed by atoms with Gasteiger partial charge in [-0.05, 0) is 54.1 Å².